The number of rotatable bonds is 7. The van der Waals surface area contributed by atoms with Gasteiger partial charge in [0.1, 0.15) is 23.0 Å². The van der Waals surface area contributed by atoms with Crippen molar-refractivity contribution in [1.82, 2.24) is 0 Å². The van der Waals surface area contributed by atoms with E-state index in [0.717, 1.165) is 52.6 Å². The summed E-state index contributed by atoms with van der Waals surface area (Å²) >= 11 is 0. The SMILES string of the molecule is CC(C)(C)c1ccc(CCCc2ccc(C(C)(C)C)c(O)c2)cc1O.CC(C)(C)c1ccc(O)c(CCc2cc(C(C)(C)C)ccc2O)c1. The maximum absolute atomic E-state index is 10.3. The molecule has 0 heterocycles. The molecule has 49 heavy (non-hydrogen) atoms. The fraction of sp³-hybridized carbons (Fsp3) is 0.467. The second kappa shape index (κ2) is 15.3. The van der Waals surface area contributed by atoms with Crippen LogP contribution in [0.3, 0.4) is 0 Å². The zero-order valence-corrected chi connectivity index (χ0v) is 32.3. The molecule has 0 bridgehead atoms. The maximum Gasteiger partial charge on any atom is 0.119 e. The Labute approximate surface area is 296 Å². The third-order valence-corrected chi connectivity index (χ3v) is 9.23. The van der Waals surface area contributed by atoms with Crippen LogP contribution in [0.2, 0.25) is 0 Å². The predicted molar refractivity (Wildman–Crippen MR) is 207 cm³/mol. The summed E-state index contributed by atoms with van der Waals surface area (Å²) < 4.78 is 0. The molecule has 0 spiro atoms. The van der Waals surface area contributed by atoms with E-state index in [4.69, 9.17) is 0 Å². The molecule has 0 unspecified atom stereocenters. The van der Waals surface area contributed by atoms with Crippen LogP contribution in [-0.4, -0.2) is 20.4 Å². The second-order valence-corrected chi connectivity index (χ2v) is 17.7. The number of aryl methyl sites for hydroxylation is 4. The van der Waals surface area contributed by atoms with Gasteiger partial charge in [0.25, 0.3) is 0 Å². The standard InChI is InChI=1S/C23H32O2.C22H30O2/c1-22(2,3)18-12-10-16(14-20(18)24)8-7-9-17-11-13-19(21(25)15-17)23(4,5)6;1-21(2,3)17-9-11-19(23)15(13-17)7-8-16-14-18(22(4,5)6)10-12-20(16)24/h10-15,24-25H,7-9H2,1-6H3;9-14,23-24H,7-8H2,1-6H3. The summed E-state index contributed by atoms with van der Waals surface area (Å²) in [5, 5.41) is 40.8. The minimum Gasteiger partial charge on any atom is -0.508 e. The van der Waals surface area contributed by atoms with Crippen molar-refractivity contribution in [2.75, 3.05) is 0 Å². The van der Waals surface area contributed by atoms with Crippen molar-refractivity contribution in [3.8, 4) is 23.0 Å². The lowest BCUT2D eigenvalue weighted by molar-refractivity contribution is 0.445. The third-order valence-electron chi connectivity index (χ3n) is 9.23. The minimum absolute atomic E-state index is 0.0467. The number of aromatic hydroxyl groups is 4. The molecule has 0 aromatic heterocycles. The lowest BCUT2D eigenvalue weighted by Crippen LogP contribution is -2.12. The smallest absolute Gasteiger partial charge is 0.119 e. The molecule has 0 radical (unpaired) electrons. The molecule has 0 aliphatic rings. The van der Waals surface area contributed by atoms with Crippen molar-refractivity contribution in [2.45, 2.75) is 137 Å². The second-order valence-electron chi connectivity index (χ2n) is 17.7. The van der Waals surface area contributed by atoms with Crippen molar-refractivity contribution in [1.29, 1.82) is 0 Å². The van der Waals surface area contributed by atoms with Gasteiger partial charge in [-0.1, -0.05) is 132 Å². The highest BCUT2D eigenvalue weighted by molar-refractivity contribution is 5.44. The first-order chi connectivity index (χ1) is 22.5. The molecule has 0 atom stereocenters. The Balaban J connectivity index is 0.000000266. The first-order valence-electron chi connectivity index (χ1n) is 17.8. The Kier molecular flexibility index (Phi) is 12.4. The first kappa shape index (κ1) is 39.5. The van der Waals surface area contributed by atoms with Crippen molar-refractivity contribution in [2.24, 2.45) is 0 Å². The zero-order valence-electron chi connectivity index (χ0n) is 32.3. The molecule has 4 aromatic carbocycles. The van der Waals surface area contributed by atoms with Crippen LogP contribution in [0, 0.1) is 0 Å². The molecule has 0 fully saturated rings. The van der Waals surface area contributed by atoms with E-state index in [1.54, 1.807) is 12.1 Å². The highest BCUT2D eigenvalue weighted by Crippen LogP contribution is 2.34. The van der Waals surface area contributed by atoms with E-state index in [1.165, 1.54) is 11.1 Å². The van der Waals surface area contributed by atoms with Crippen LogP contribution in [0.4, 0.5) is 0 Å². The van der Waals surface area contributed by atoms with E-state index >= 15 is 0 Å². The van der Waals surface area contributed by atoms with Crippen LogP contribution in [0.25, 0.3) is 0 Å². The van der Waals surface area contributed by atoms with E-state index < -0.39 is 0 Å². The molecule has 0 aliphatic carbocycles. The lowest BCUT2D eigenvalue weighted by Gasteiger charge is -2.21. The van der Waals surface area contributed by atoms with E-state index in [0.29, 0.717) is 35.8 Å². The first-order valence-corrected chi connectivity index (χ1v) is 17.8. The zero-order chi connectivity index (χ0) is 36.9. The van der Waals surface area contributed by atoms with Gasteiger partial charge in [0.05, 0.1) is 0 Å². The molecular formula is C45H62O4. The van der Waals surface area contributed by atoms with Crippen LogP contribution >= 0.6 is 0 Å². The van der Waals surface area contributed by atoms with Gasteiger partial charge < -0.3 is 20.4 Å². The number of hydrogen-bond donors (Lipinski definition) is 4. The topological polar surface area (TPSA) is 80.9 Å². The van der Waals surface area contributed by atoms with Gasteiger partial charge in [-0.3, -0.25) is 0 Å². The molecule has 4 rings (SSSR count). The van der Waals surface area contributed by atoms with Gasteiger partial charge in [-0.05, 0) is 123 Å². The summed E-state index contributed by atoms with van der Waals surface area (Å²) in [6.45, 7) is 25.7. The van der Waals surface area contributed by atoms with E-state index in [-0.39, 0.29) is 21.7 Å². The summed E-state index contributed by atoms with van der Waals surface area (Å²) in [5.74, 6) is 1.43. The van der Waals surface area contributed by atoms with Gasteiger partial charge >= 0.3 is 0 Å². The van der Waals surface area contributed by atoms with Crippen LogP contribution < -0.4 is 0 Å². The van der Waals surface area contributed by atoms with Crippen LogP contribution in [-0.2, 0) is 47.3 Å². The Bertz CT molecular complexity index is 1580. The largest absolute Gasteiger partial charge is 0.508 e. The summed E-state index contributed by atoms with van der Waals surface area (Å²) in [5.41, 5.74) is 8.58. The van der Waals surface area contributed by atoms with Crippen LogP contribution in [0.1, 0.15) is 134 Å². The molecule has 4 nitrogen and oxygen atoms in total. The average molecular weight is 667 g/mol. The fourth-order valence-electron chi connectivity index (χ4n) is 6.00. The van der Waals surface area contributed by atoms with E-state index in [2.05, 4.69) is 107 Å². The quantitative estimate of drug-likeness (QED) is 0.158. The lowest BCUT2D eigenvalue weighted by atomic mass is 9.84. The number of hydrogen-bond acceptors (Lipinski definition) is 4. The summed E-state index contributed by atoms with van der Waals surface area (Å²) in [4.78, 5) is 0. The van der Waals surface area contributed by atoms with Crippen molar-refractivity contribution < 1.29 is 20.4 Å². The molecule has 0 aliphatic heterocycles. The molecule has 0 saturated carbocycles. The van der Waals surface area contributed by atoms with Crippen molar-refractivity contribution >= 4 is 0 Å². The van der Waals surface area contributed by atoms with Gasteiger partial charge in [-0.2, -0.15) is 0 Å². The number of phenols is 4. The minimum atomic E-state index is -0.0467. The summed E-state index contributed by atoms with van der Waals surface area (Å²) in [6.07, 6.45) is 4.23. The monoisotopic (exact) mass is 666 g/mol. The third kappa shape index (κ3) is 11.3. The normalized spacial score (nSPS) is 12.4. The Morgan fingerprint density at radius 1 is 0.367 bits per heavy atom. The molecule has 0 amide bonds. The molecule has 4 N–H and O–H groups in total. The van der Waals surface area contributed by atoms with E-state index in [1.807, 2.05) is 36.4 Å². The molecule has 4 aromatic rings. The van der Waals surface area contributed by atoms with Gasteiger partial charge in [-0.25, -0.2) is 0 Å². The summed E-state index contributed by atoms with van der Waals surface area (Å²) in [6, 6.07) is 23.8. The number of phenolic OH excluding ortho intramolecular Hbond substituents is 4. The van der Waals surface area contributed by atoms with E-state index in [9.17, 15) is 20.4 Å². The average Bonchev–Trinajstić information content (AvgIpc) is 2.95. The van der Waals surface area contributed by atoms with Gasteiger partial charge in [-0.15, -0.1) is 0 Å². The van der Waals surface area contributed by atoms with Crippen LogP contribution in [0.5, 0.6) is 23.0 Å². The molecule has 266 valence electrons. The highest BCUT2D eigenvalue weighted by Gasteiger charge is 2.20. The maximum atomic E-state index is 10.3. The Hall–Kier alpha value is -3.92. The van der Waals surface area contributed by atoms with Gasteiger partial charge in [0.2, 0.25) is 0 Å². The summed E-state index contributed by atoms with van der Waals surface area (Å²) in [7, 11) is 0. The van der Waals surface area contributed by atoms with Crippen molar-refractivity contribution in [3.63, 3.8) is 0 Å². The van der Waals surface area contributed by atoms with Crippen LogP contribution in [0.15, 0.2) is 72.8 Å². The highest BCUT2D eigenvalue weighted by atomic mass is 16.3. The Morgan fingerprint density at radius 2 is 0.714 bits per heavy atom. The molecule has 4 heteroatoms. The molecular weight excluding hydrogens is 604 g/mol. The Morgan fingerprint density at radius 3 is 1.00 bits per heavy atom. The predicted octanol–water partition coefficient (Wildman–Crippen LogP) is 11.3. The van der Waals surface area contributed by atoms with Gasteiger partial charge in [0, 0.05) is 0 Å². The van der Waals surface area contributed by atoms with Crippen molar-refractivity contribution in [3.05, 3.63) is 117 Å². The number of benzene rings is 4. The fourth-order valence-corrected chi connectivity index (χ4v) is 6.00. The molecule has 0 saturated heterocycles. The van der Waals surface area contributed by atoms with Gasteiger partial charge in [0.15, 0.2) is 0 Å².